The summed E-state index contributed by atoms with van der Waals surface area (Å²) >= 11 is 0. The number of fused-ring (bicyclic) bond motifs is 1. The van der Waals surface area contributed by atoms with Gasteiger partial charge in [0.15, 0.2) is 0 Å². The number of aromatic nitrogens is 2. The van der Waals surface area contributed by atoms with Crippen LogP contribution in [0.2, 0.25) is 0 Å². The van der Waals surface area contributed by atoms with Crippen molar-refractivity contribution in [1.82, 2.24) is 14.9 Å². The molecular formula is C19H22N4O2. The number of ether oxygens (including phenoxy) is 1. The van der Waals surface area contributed by atoms with Gasteiger partial charge in [0, 0.05) is 56.9 Å². The maximum absolute atomic E-state index is 12.8. The minimum Gasteiger partial charge on any atom is -0.368 e. The summed E-state index contributed by atoms with van der Waals surface area (Å²) in [6, 6.07) is 8.00. The van der Waals surface area contributed by atoms with Gasteiger partial charge in [-0.05, 0) is 30.5 Å². The zero-order valence-electron chi connectivity index (χ0n) is 14.2. The Bertz CT molecular complexity index is 731. The van der Waals surface area contributed by atoms with Gasteiger partial charge in [0.2, 0.25) is 0 Å². The number of nitrogens with zero attached hydrogens (tertiary/aromatic N) is 4. The second-order valence-electron chi connectivity index (χ2n) is 6.53. The van der Waals surface area contributed by atoms with Crippen molar-refractivity contribution in [2.24, 2.45) is 0 Å². The zero-order valence-corrected chi connectivity index (χ0v) is 14.2. The highest BCUT2D eigenvalue weighted by molar-refractivity contribution is 5.81. The fourth-order valence-electron chi connectivity index (χ4n) is 3.50. The molecule has 25 heavy (non-hydrogen) atoms. The van der Waals surface area contributed by atoms with E-state index < -0.39 is 0 Å². The van der Waals surface area contributed by atoms with Gasteiger partial charge in [0.05, 0.1) is 0 Å². The molecule has 2 aliphatic rings. The molecule has 0 aliphatic carbocycles. The lowest BCUT2D eigenvalue weighted by Gasteiger charge is -2.25. The highest BCUT2D eigenvalue weighted by Crippen LogP contribution is 2.25. The quantitative estimate of drug-likeness (QED) is 0.857. The van der Waals surface area contributed by atoms with Crippen molar-refractivity contribution in [2.45, 2.75) is 32.0 Å². The number of pyridine rings is 2. The van der Waals surface area contributed by atoms with Gasteiger partial charge in [-0.25, -0.2) is 4.98 Å². The van der Waals surface area contributed by atoms with E-state index in [1.165, 1.54) is 0 Å². The SMILES string of the molecule is O=C([C@@H]1CCCO1)N1CCN(Cc2cccnc2)c2ncccc2C1. The van der Waals surface area contributed by atoms with Gasteiger partial charge < -0.3 is 14.5 Å². The summed E-state index contributed by atoms with van der Waals surface area (Å²) in [6.45, 7) is 3.44. The summed E-state index contributed by atoms with van der Waals surface area (Å²) < 4.78 is 5.59. The molecule has 0 unspecified atom stereocenters. The molecule has 130 valence electrons. The maximum atomic E-state index is 12.8. The summed E-state index contributed by atoms with van der Waals surface area (Å²) in [5, 5.41) is 0. The van der Waals surface area contributed by atoms with Crippen LogP contribution >= 0.6 is 0 Å². The molecule has 2 aliphatic heterocycles. The van der Waals surface area contributed by atoms with Gasteiger partial charge in [0.25, 0.3) is 5.91 Å². The first kappa shape index (κ1) is 16.0. The Kier molecular flexibility index (Phi) is 4.61. The predicted octanol–water partition coefficient (Wildman–Crippen LogP) is 2.00. The number of anilines is 1. The van der Waals surface area contributed by atoms with Crippen LogP contribution in [0.15, 0.2) is 42.9 Å². The fourth-order valence-corrected chi connectivity index (χ4v) is 3.50. The lowest BCUT2D eigenvalue weighted by Crippen LogP contribution is -2.40. The second kappa shape index (κ2) is 7.19. The molecule has 0 radical (unpaired) electrons. The number of rotatable bonds is 3. The van der Waals surface area contributed by atoms with Gasteiger partial charge in [-0.1, -0.05) is 12.1 Å². The fraction of sp³-hybridized carbons (Fsp3) is 0.421. The number of hydrogen-bond acceptors (Lipinski definition) is 5. The molecule has 0 spiro atoms. The third-order valence-corrected chi connectivity index (χ3v) is 4.78. The standard InChI is InChI=1S/C19H22N4O2/c24-19(17-6-3-11-25-17)23-10-9-22(13-15-4-1-7-20-12-15)18-16(14-23)5-2-8-21-18/h1-2,4-5,7-8,12,17H,3,6,9-11,13-14H2/t17-/m0/s1. The molecule has 2 aromatic heterocycles. The number of amides is 1. The van der Waals surface area contributed by atoms with Crippen LogP contribution in [0.5, 0.6) is 0 Å². The Labute approximate surface area is 147 Å². The molecule has 1 saturated heterocycles. The first-order valence-electron chi connectivity index (χ1n) is 8.79. The van der Waals surface area contributed by atoms with Gasteiger partial charge >= 0.3 is 0 Å². The maximum Gasteiger partial charge on any atom is 0.252 e. The van der Waals surface area contributed by atoms with Gasteiger partial charge in [-0.15, -0.1) is 0 Å². The lowest BCUT2D eigenvalue weighted by atomic mass is 10.2. The smallest absolute Gasteiger partial charge is 0.252 e. The van der Waals surface area contributed by atoms with Crippen molar-refractivity contribution in [1.29, 1.82) is 0 Å². The van der Waals surface area contributed by atoms with Crippen molar-refractivity contribution < 1.29 is 9.53 Å². The Balaban J connectivity index is 1.56. The topological polar surface area (TPSA) is 58.6 Å². The van der Waals surface area contributed by atoms with Crippen LogP contribution in [0.1, 0.15) is 24.0 Å². The van der Waals surface area contributed by atoms with Gasteiger partial charge in [-0.2, -0.15) is 0 Å². The van der Waals surface area contributed by atoms with Crippen LogP contribution in [0.4, 0.5) is 5.82 Å². The molecular weight excluding hydrogens is 316 g/mol. The highest BCUT2D eigenvalue weighted by atomic mass is 16.5. The molecule has 2 aromatic rings. The molecule has 0 aromatic carbocycles. The van der Waals surface area contributed by atoms with Gasteiger partial charge in [-0.3, -0.25) is 9.78 Å². The third-order valence-electron chi connectivity index (χ3n) is 4.78. The van der Waals surface area contributed by atoms with Gasteiger partial charge in [0.1, 0.15) is 11.9 Å². The van der Waals surface area contributed by atoms with Crippen LogP contribution in [0.25, 0.3) is 0 Å². The van der Waals surface area contributed by atoms with Crippen LogP contribution < -0.4 is 4.90 Å². The van der Waals surface area contributed by atoms with Crippen molar-refractivity contribution in [2.75, 3.05) is 24.6 Å². The monoisotopic (exact) mass is 338 g/mol. The van der Waals surface area contributed by atoms with Crippen LogP contribution in [0, 0.1) is 0 Å². The van der Waals surface area contributed by atoms with Crippen molar-refractivity contribution in [3.63, 3.8) is 0 Å². The number of carbonyl (C=O) groups excluding carboxylic acids is 1. The second-order valence-corrected chi connectivity index (χ2v) is 6.53. The average Bonchev–Trinajstić information content (AvgIpc) is 3.13. The van der Waals surface area contributed by atoms with E-state index in [-0.39, 0.29) is 12.0 Å². The molecule has 1 fully saturated rings. The van der Waals surface area contributed by atoms with E-state index in [2.05, 4.69) is 27.0 Å². The lowest BCUT2D eigenvalue weighted by molar-refractivity contribution is -0.141. The van der Waals surface area contributed by atoms with E-state index >= 15 is 0 Å². The Morgan fingerprint density at radius 3 is 2.96 bits per heavy atom. The van der Waals surface area contributed by atoms with E-state index in [4.69, 9.17) is 4.74 Å². The first-order valence-corrected chi connectivity index (χ1v) is 8.79. The van der Waals surface area contributed by atoms with E-state index in [9.17, 15) is 4.79 Å². The molecule has 0 saturated carbocycles. The first-order chi connectivity index (χ1) is 12.3. The minimum atomic E-state index is -0.273. The molecule has 1 atom stereocenters. The van der Waals surface area contributed by atoms with Crippen molar-refractivity contribution >= 4 is 11.7 Å². The van der Waals surface area contributed by atoms with Crippen LogP contribution in [-0.4, -0.2) is 46.6 Å². The Hall–Kier alpha value is -2.47. The molecule has 4 heterocycles. The highest BCUT2D eigenvalue weighted by Gasteiger charge is 2.31. The summed E-state index contributed by atoms with van der Waals surface area (Å²) in [5.41, 5.74) is 2.22. The van der Waals surface area contributed by atoms with E-state index in [1.807, 2.05) is 29.4 Å². The van der Waals surface area contributed by atoms with Crippen molar-refractivity contribution in [3.05, 3.63) is 54.0 Å². The van der Waals surface area contributed by atoms with E-state index in [0.29, 0.717) is 19.7 Å². The van der Waals surface area contributed by atoms with Crippen molar-refractivity contribution in [3.8, 4) is 0 Å². The molecule has 4 rings (SSSR count). The number of carbonyl (C=O) groups is 1. The summed E-state index contributed by atoms with van der Waals surface area (Å²) in [6.07, 6.45) is 6.99. The minimum absolute atomic E-state index is 0.107. The third kappa shape index (κ3) is 3.49. The summed E-state index contributed by atoms with van der Waals surface area (Å²) in [7, 11) is 0. The molecule has 0 N–H and O–H groups in total. The number of hydrogen-bond donors (Lipinski definition) is 0. The molecule has 0 bridgehead atoms. The zero-order chi connectivity index (χ0) is 17.1. The molecule has 1 amide bonds. The van der Waals surface area contributed by atoms with Crippen LogP contribution in [0.3, 0.4) is 0 Å². The van der Waals surface area contributed by atoms with Crippen LogP contribution in [-0.2, 0) is 22.6 Å². The molecule has 6 heteroatoms. The average molecular weight is 338 g/mol. The Morgan fingerprint density at radius 1 is 1.24 bits per heavy atom. The van der Waals surface area contributed by atoms with E-state index in [0.717, 1.165) is 42.9 Å². The predicted molar refractivity (Wildman–Crippen MR) is 93.9 cm³/mol. The largest absolute Gasteiger partial charge is 0.368 e. The summed E-state index contributed by atoms with van der Waals surface area (Å²) in [5.74, 6) is 1.06. The Morgan fingerprint density at radius 2 is 2.16 bits per heavy atom. The van der Waals surface area contributed by atoms with E-state index in [1.54, 1.807) is 6.20 Å². The molecule has 6 nitrogen and oxygen atoms in total. The summed E-state index contributed by atoms with van der Waals surface area (Å²) in [4.78, 5) is 25.7. The normalized spacial score (nSPS) is 20.2.